The summed E-state index contributed by atoms with van der Waals surface area (Å²) >= 11 is 6.72. The first-order valence-corrected chi connectivity index (χ1v) is 9.65. The van der Waals surface area contributed by atoms with Crippen molar-refractivity contribution in [3.8, 4) is 17.2 Å². The number of thioether (sulfide) groups is 1. The molecule has 4 rings (SSSR count). The molecule has 138 valence electrons. The van der Waals surface area contributed by atoms with Crippen LogP contribution in [0.4, 0.5) is 0 Å². The maximum absolute atomic E-state index is 12.8. The van der Waals surface area contributed by atoms with Gasteiger partial charge in [0, 0.05) is 18.2 Å². The molecule has 5 nitrogen and oxygen atoms in total. The summed E-state index contributed by atoms with van der Waals surface area (Å²) in [5.41, 5.74) is 1.93. The van der Waals surface area contributed by atoms with Crippen molar-refractivity contribution in [2.24, 2.45) is 0 Å². The molecule has 0 saturated carbocycles. The fourth-order valence-electron chi connectivity index (χ4n) is 2.95. The number of benzene rings is 2. The largest absolute Gasteiger partial charge is 0.496 e. The third-order valence-corrected chi connectivity index (χ3v) is 5.73. The lowest BCUT2D eigenvalue weighted by Gasteiger charge is -2.14. The van der Waals surface area contributed by atoms with Gasteiger partial charge in [-0.1, -0.05) is 54.3 Å². The molecule has 2 aliphatic rings. The number of methoxy groups -OCH3 is 1. The van der Waals surface area contributed by atoms with Gasteiger partial charge in [-0.05, 0) is 24.1 Å². The van der Waals surface area contributed by atoms with Gasteiger partial charge in [0.1, 0.15) is 10.1 Å². The van der Waals surface area contributed by atoms with Crippen LogP contribution in [-0.2, 0) is 11.2 Å². The standard InChI is InChI=1S/C20H17NO4S2/c1-23-15-11-17-16(24-12-25-17)9-14(15)10-18-19(22)21(20(26)27-18)8-7-13-5-3-2-4-6-13/h2-6,9-11H,7-8,12H2,1H3/b18-10-. The van der Waals surface area contributed by atoms with E-state index in [2.05, 4.69) is 0 Å². The van der Waals surface area contributed by atoms with Crippen LogP contribution in [0.3, 0.4) is 0 Å². The van der Waals surface area contributed by atoms with Crippen molar-refractivity contribution in [2.45, 2.75) is 6.42 Å². The number of carbonyl (C=O) groups is 1. The number of carbonyl (C=O) groups excluding carboxylic acids is 1. The maximum Gasteiger partial charge on any atom is 0.266 e. The molecule has 2 aromatic rings. The lowest BCUT2D eigenvalue weighted by atomic mass is 10.1. The highest BCUT2D eigenvalue weighted by Gasteiger charge is 2.32. The van der Waals surface area contributed by atoms with Gasteiger partial charge in [0.25, 0.3) is 5.91 Å². The SMILES string of the molecule is COc1cc2c(cc1/C=C1\SC(=S)N(CCc3ccccc3)C1=O)OCO2. The van der Waals surface area contributed by atoms with Gasteiger partial charge in [-0.2, -0.15) is 0 Å². The quantitative estimate of drug-likeness (QED) is 0.562. The van der Waals surface area contributed by atoms with Gasteiger partial charge in [0.05, 0.1) is 12.0 Å². The highest BCUT2D eigenvalue weighted by molar-refractivity contribution is 8.26. The minimum absolute atomic E-state index is 0.0827. The summed E-state index contributed by atoms with van der Waals surface area (Å²) in [6, 6.07) is 13.6. The van der Waals surface area contributed by atoms with Crippen molar-refractivity contribution in [3.63, 3.8) is 0 Å². The molecule has 27 heavy (non-hydrogen) atoms. The predicted octanol–water partition coefficient (Wildman–Crippen LogP) is 3.87. The van der Waals surface area contributed by atoms with E-state index >= 15 is 0 Å². The lowest BCUT2D eigenvalue weighted by molar-refractivity contribution is -0.122. The zero-order chi connectivity index (χ0) is 18.8. The van der Waals surface area contributed by atoms with E-state index in [0.717, 1.165) is 12.0 Å². The van der Waals surface area contributed by atoms with Crippen molar-refractivity contribution < 1.29 is 19.0 Å². The van der Waals surface area contributed by atoms with E-state index in [1.165, 1.54) is 17.3 Å². The molecule has 0 bridgehead atoms. The Bertz CT molecular complexity index is 927. The number of rotatable bonds is 5. The maximum atomic E-state index is 12.8. The molecule has 1 amide bonds. The van der Waals surface area contributed by atoms with Gasteiger partial charge in [0.15, 0.2) is 11.5 Å². The van der Waals surface area contributed by atoms with Crippen molar-refractivity contribution in [1.82, 2.24) is 4.90 Å². The molecule has 2 heterocycles. The van der Waals surface area contributed by atoms with E-state index in [1.807, 2.05) is 36.4 Å². The Morgan fingerprint density at radius 1 is 1.22 bits per heavy atom. The molecule has 0 aromatic heterocycles. The summed E-state index contributed by atoms with van der Waals surface area (Å²) in [7, 11) is 1.58. The number of amides is 1. The topological polar surface area (TPSA) is 48.0 Å². The van der Waals surface area contributed by atoms with Crippen LogP contribution in [0.5, 0.6) is 17.2 Å². The molecular formula is C20H17NO4S2. The second-order valence-electron chi connectivity index (χ2n) is 6.02. The normalized spacial score (nSPS) is 17.1. The average Bonchev–Trinajstić information content (AvgIpc) is 3.24. The number of hydrogen-bond acceptors (Lipinski definition) is 6. The second-order valence-corrected chi connectivity index (χ2v) is 7.69. The summed E-state index contributed by atoms with van der Waals surface area (Å²) in [5.74, 6) is 1.82. The van der Waals surface area contributed by atoms with E-state index in [9.17, 15) is 4.79 Å². The predicted molar refractivity (Wildman–Crippen MR) is 109 cm³/mol. The van der Waals surface area contributed by atoms with Gasteiger partial charge < -0.3 is 14.2 Å². The number of fused-ring (bicyclic) bond motifs is 1. The van der Waals surface area contributed by atoms with Crippen molar-refractivity contribution in [2.75, 3.05) is 20.4 Å². The zero-order valence-electron chi connectivity index (χ0n) is 14.6. The van der Waals surface area contributed by atoms with Crippen molar-refractivity contribution in [1.29, 1.82) is 0 Å². The fourth-order valence-corrected chi connectivity index (χ4v) is 4.25. The van der Waals surface area contributed by atoms with Gasteiger partial charge in [0.2, 0.25) is 6.79 Å². The first-order valence-electron chi connectivity index (χ1n) is 8.42. The average molecular weight is 399 g/mol. The van der Waals surface area contributed by atoms with Crippen LogP contribution in [0.1, 0.15) is 11.1 Å². The van der Waals surface area contributed by atoms with Crippen LogP contribution in [0.25, 0.3) is 6.08 Å². The molecular weight excluding hydrogens is 382 g/mol. The smallest absolute Gasteiger partial charge is 0.266 e. The summed E-state index contributed by atoms with van der Waals surface area (Å²) in [5, 5.41) is 0. The van der Waals surface area contributed by atoms with E-state index in [-0.39, 0.29) is 12.7 Å². The monoisotopic (exact) mass is 399 g/mol. The van der Waals surface area contributed by atoms with Crippen LogP contribution >= 0.6 is 24.0 Å². The minimum Gasteiger partial charge on any atom is -0.496 e. The number of nitrogens with zero attached hydrogens (tertiary/aromatic N) is 1. The minimum atomic E-state index is -0.0827. The van der Waals surface area contributed by atoms with Crippen molar-refractivity contribution in [3.05, 3.63) is 58.5 Å². The molecule has 2 aliphatic heterocycles. The third-order valence-electron chi connectivity index (χ3n) is 4.35. The Kier molecular flexibility index (Phi) is 5.05. The molecule has 1 saturated heterocycles. The Hall–Kier alpha value is -2.51. The van der Waals surface area contributed by atoms with Gasteiger partial charge in [-0.3, -0.25) is 9.69 Å². The molecule has 7 heteroatoms. The molecule has 1 fully saturated rings. The van der Waals surface area contributed by atoms with Gasteiger partial charge >= 0.3 is 0 Å². The van der Waals surface area contributed by atoms with Gasteiger partial charge in [-0.15, -0.1) is 0 Å². The lowest BCUT2D eigenvalue weighted by Crippen LogP contribution is -2.30. The first-order chi connectivity index (χ1) is 13.2. The number of ether oxygens (including phenoxy) is 3. The van der Waals surface area contributed by atoms with E-state index < -0.39 is 0 Å². The highest BCUT2D eigenvalue weighted by atomic mass is 32.2. The molecule has 0 aliphatic carbocycles. The van der Waals surface area contributed by atoms with E-state index in [0.29, 0.717) is 33.0 Å². The summed E-state index contributed by atoms with van der Waals surface area (Å²) in [6.45, 7) is 0.744. The zero-order valence-corrected chi connectivity index (χ0v) is 16.3. The first kappa shape index (κ1) is 17.9. The Morgan fingerprint density at radius 2 is 1.96 bits per heavy atom. The molecule has 0 N–H and O–H groups in total. The highest BCUT2D eigenvalue weighted by Crippen LogP contribution is 2.41. The fraction of sp³-hybridized carbons (Fsp3) is 0.200. The molecule has 2 aromatic carbocycles. The van der Waals surface area contributed by atoms with Crippen molar-refractivity contribution >= 4 is 40.3 Å². The number of thiocarbonyl (C=S) groups is 1. The van der Waals surface area contributed by atoms with Crippen LogP contribution in [0.2, 0.25) is 0 Å². The summed E-state index contributed by atoms with van der Waals surface area (Å²) < 4.78 is 16.8. The summed E-state index contributed by atoms with van der Waals surface area (Å²) in [6.07, 6.45) is 2.55. The van der Waals surface area contributed by atoms with E-state index in [4.69, 9.17) is 26.4 Å². The molecule has 0 unspecified atom stereocenters. The molecule has 0 atom stereocenters. The molecule has 0 radical (unpaired) electrons. The van der Waals surface area contributed by atoms with Crippen LogP contribution in [0, 0.1) is 0 Å². The Labute approximate surface area is 166 Å². The second kappa shape index (κ2) is 7.62. The van der Waals surface area contributed by atoms with Crippen LogP contribution < -0.4 is 14.2 Å². The third kappa shape index (κ3) is 3.65. The number of hydrogen-bond donors (Lipinski definition) is 0. The Balaban J connectivity index is 1.55. The van der Waals surface area contributed by atoms with Crippen LogP contribution in [-0.4, -0.2) is 35.6 Å². The summed E-state index contributed by atoms with van der Waals surface area (Å²) in [4.78, 5) is 15.1. The van der Waals surface area contributed by atoms with E-state index in [1.54, 1.807) is 24.2 Å². The van der Waals surface area contributed by atoms with Crippen LogP contribution in [0.15, 0.2) is 47.4 Å². The Morgan fingerprint density at radius 3 is 2.70 bits per heavy atom. The molecule has 0 spiro atoms. The van der Waals surface area contributed by atoms with Gasteiger partial charge in [-0.25, -0.2) is 0 Å².